The van der Waals surface area contributed by atoms with Crippen LogP contribution in [0.2, 0.25) is 0 Å². The van der Waals surface area contributed by atoms with Crippen LogP contribution < -0.4 is 5.32 Å². The molecule has 5 fully saturated rings. The van der Waals surface area contributed by atoms with E-state index < -0.39 is 113 Å². The molecule has 0 radical (unpaired) electrons. The Balaban J connectivity index is 1.21. The van der Waals surface area contributed by atoms with Crippen LogP contribution in [0.4, 0.5) is 0 Å². The van der Waals surface area contributed by atoms with E-state index in [9.17, 15) is 29.1 Å². The number of aliphatic hydroxyl groups excluding tert-OH is 1. The minimum absolute atomic E-state index is 0.00799. The maximum absolute atomic E-state index is 16.0. The summed E-state index contributed by atoms with van der Waals surface area (Å²) in [5.41, 5.74) is -0.963. The third-order valence-electron chi connectivity index (χ3n) is 14.5. The summed E-state index contributed by atoms with van der Waals surface area (Å²) in [7, 11) is 1.55. The van der Waals surface area contributed by atoms with Crippen molar-refractivity contribution in [3.63, 3.8) is 0 Å². The molecule has 4 aliphatic heterocycles. The molecule has 17 heteroatoms. The average Bonchev–Trinajstić information content (AvgIpc) is 3.98. The maximum Gasteiger partial charge on any atom is 0.348 e. The first kappa shape index (κ1) is 54.6. The first-order chi connectivity index (χ1) is 34.2. The molecule has 4 saturated heterocycles. The minimum Gasteiger partial charge on any atom is -0.462 e. The van der Waals surface area contributed by atoms with Crippen LogP contribution in [0.15, 0.2) is 60.7 Å². The van der Waals surface area contributed by atoms with Gasteiger partial charge in [0.1, 0.15) is 48.1 Å². The van der Waals surface area contributed by atoms with Crippen molar-refractivity contribution >= 4 is 41.8 Å². The second kappa shape index (κ2) is 22.9. The van der Waals surface area contributed by atoms with E-state index in [1.807, 2.05) is 42.5 Å². The smallest absolute Gasteiger partial charge is 0.348 e. The van der Waals surface area contributed by atoms with Gasteiger partial charge in [0, 0.05) is 50.6 Å². The third-order valence-corrected chi connectivity index (χ3v) is 14.5. The molecule has 4 heterocycles. The average molecular weight is 1000 g/mol. The zero-order chi connectivity index (χ0) is 52.0. The fourth-order valence-corrected chi connectivity index (χ4v) is 10.8. The third kappa shape index (κ3) is 12.2. The summed E-state index contributed by atoms with van der Waals surface area (Å²) in [6.07, 6.45) is 5.22. The van der Waals surface area contributed by atoms with Gasteiger partial charge in [-0.3, -0.25) is 24.0 Å². The van der Waals surface area contributed by atoms with E-state index in [0.717, 1.165) is 44.1 Å². The van der Waals surface area contributed by atoms with E-state index in [0.29, 0.717) is 24.0 Å². The van der Waals surface area contributed by atoms with Crippen molar-refractivity contribution in [3.8, 4) is 0 Å². The summed E-state index contributed by atoms with van der Waals surface area (Å²) >= 11 is 0. The highest BCUT2D eigenvalue weighted by atomic mass is 16.8. The lowest BCUT2D eigenvalue weighted by atomic mass is 9.62. The van der Waals surface area contributed by atoms with Crippen molar-refractivity contribution in [1.82, 2.24) is 15.3 Å². The summed E-state index contributed by atoms with van der Waals surface area (Å²) in [6.45, 7) is 12.8. The molecule has 2 N–H and O–H groups in total. The van der Waals surface area contributed by atoms with Gasteiger partial charge < -0.3 is 43.7 Å². The second-order valence-electron chi connectivity index (χ2n) is 21.8. The van der Waals surface area contributed by atoms with Crippen LogP contribution in [-0.2, 0) is 75.0 Å². The number of amides is 2. The Morgan fingerprint density at radius 2 is 1.61 bits per heavy atom. The normalized spacial score (nSPS) is 26.8. The number of esters is 4. The number of carbonyl (C=O) groups excluding carboxylic acids is 6. The van der Waals surface area contributed by atoms with Gasteiger partial charge in [0.15, 0.2) is 11.8 Å². The number of hydrogen-bond acceptors (Lipinski definition) is 15. The van der Waals surface area contributed by atoms with E-state index >= 15 is 4.79 Å². The first-order valence-corrected chi connectivity index (χ1v) is 25.8. The van der Waals surface area contributed by atoms with Crippen molar-refractivity contribution in [3.05, 3.63) is 77.4 Å². The second-order valence-corrected chi connectivity index (χ2v) is 21.8. The van der Waals surface area contributed by atoms with Gasteiger partial charge in [0.2, 0.25) is 17.9 Å². The predicted molar refractivity (Wildman–Crippen MR) is 263 cm³/mol. The topological polar surface area (TPSA) is 206 Å². The Hall–Kier alpha value is -5.20. The number of nitrogens with one attached hydrogen (secondary N) is 1. The highest BCUT2D eigenvalue weighted by Gasteiger charge is 2.77. The van der Waals surface area contributed by atoms with Crippen molar-refractivity contribution in [1.29, 1.82) is 0 Å². The highest BCUT2D eigenvalue weighted by Crippen LogP contribution is 2.58. The van der Waals surface area contributed by atoms with Crippen molar-refractivity contribution in [2.24, 2.45) is 10.8 Å². The number of unbranched alkanes of at least 4 members (excludes halogenated alkanes) is 4. The Bertz CT molecular complexity index is 2290. The largest absolute Gasteiger partial charge is 0.462 e. The zero-order valence-electron chi connectivity index (χ0n) is 43.2. The Kier molecular flexibility index (Phi) is 17.4. The molecule has 17 nitrogen and oxygen atoms in total. The van der Waals surface area contributed by atoms with Gasteiger partial charge in [0.05, 0.1) is 19.2 Å². The molecule has 1 aliphatic carbocycles. The van der Waals surface area contributed by atoms with Crippen LogP contribution in [0.5, 0.6) is 0 Å². The van der Waals surface area contributed by atoms with Crippen LogP contribution in [0.25, 0.3) is 6.08 Å². The quantitative estimate of drug-likeness (QED) is 0.0542. The van der Waals surface area contributed by atoms with Gasteiger partial charge >= 0.3 is 23.9 Å². The molecule has 0 aromatic heterocycles. The van der Waals surface area contributed by atoms with Crippen molar-refractivity contribution in [2.75, 3.05) is 20.3 Å². The lowest BCUT2D eigenvalue weighted by Gasteiger charge is -2.50. The summed E-state index contributed by atoms with van der Waals surface area (Å²) in [5.74, 6) is -4.54. The molecular weight excluding hydrogens is 927 g/mol. The van der Waals surface area contributed by atoms with E-state index in [4.69, 9.17) is 33.3 Å². The highest BCUT2D eigenvalue weighted by molar-refractivity contribution is 5.96. The number of carbonyl (C=O) groups is 6. The molecule has 0 spiro atoms. The Morgan fingerprint density at radius 1 is 0.931 bits per heavy atom. The fourth-order valence-electron chi connectivity index (χ4n) is 10.8. The fraction of sp³-hybridized carbons (Fsp3) is 0.636. The molecule has 5 aliphatic rings. The van der Waals surface area contributed by atoms with E-state index in [2.05, 4.69) is 19.2 Å². The summed E-state index contributed by atoms with van der Waals surface area (Å²) in [4.78, 5) is 91.6. The zero-order valence-corrected chi connectivity index (χ0v) is 43.2. The number of aliphatic hydroxyl groups is 1. The molecule has 2 amide bonds. The monoisotopic (exact) mass is 1000 g/mol. The number of hydrogen-bond donors (Lipinski definition) is 2. The lowest BCUT2D eigenvalue weighted by molar-refractivity contribution is -0.225. The molecule has 2 aromatic carbocycles. The van der Waals surface area contributed by atoms with Gasteiger partial charge in [-0.15, -0.1) is 0 Å². The number of benzene rings is 2. The van der Waals surface area contributed by atoms with E-state index in [1.54, 1.807) is 59.9 Å². The first-order valence-electron chi connectivity index (χ1n) is 25.8. The molecular formula is C55H75N3O14. The van der Waals surface area contributed by atoms with Gasteiger partial charge in [0.25, 0.3) is 0 Å². The lowest BCUT2D eigenvalue weighted by Crippen LogP contribution is -2.70. The number of rotatable bonds is 23. The molecule has 2 aromatic rings. The van der Waals surface area contributed by atoms with E-state index in [-0.39, 0.29) is 38.8 Å². The molecule has 7 rings (SSSR count). The van der Waals surface area contributed by atoms with Crippen LogP contribution in [0.1, 0.15) is 136 Å². The number of nitrogens with zero attached hydrogens (tertiary/aromatic N) is 2. The van der Waals surface area contributed by atoms with Crippen LogP contribution in [-0.4, -0.2) is 131 Å². The number of cyclic esters (lactones) is 1. The van der Waals surface area contributed by atoms with Crippen molar-refractivity contribution in [2.45, 2.75) is 192 Å². The number of ether oxygens (including phenoxy) is 6. The number of fused-ring (bicyclic) bond motifs is 4. The summed E-state index contributed by atoms with van der Waals surface area (Å²) in [5, 5.41) is 14.8. The minimum atomic E-state index is -1.62. The van der Waals surface area contributed by atoms with Gasteiger partial charge in [-0.2, -0.15) is 5.06 Å². The number of hydroxylamine groups is 2. The standard InChI is InChI=1S/C55H75N3O14/c1-9-11-16-27-54(28-17-12-10-2)70-43-40-31-55(51(65)57(8)39(30-35-19-14-13-15-20-35)48(62)56-38(33-59)24-26-42(61)69-52(3,4)5)45(49(63)67-40)58(72-46(55)44(43)71-54)32-37-22-18-21-36(29-37)23-25-41(60)68-47-50(64)66-34-53(47,6)7/h13-15,18-23,25,29,38-40,43-47,59H,9-12,16-17,24,26-28,30-34H2,1-8H3,(H,56,62)/t38-,39+,40+,43-,44-,45-,46+,47-,55-/m0/s1. The van der Waals surface area contributed by atoms with Crippen LogP contribution in [0, 0.1) is 10.8 Å². The Morgan fingerprint density at radius 3 is 2.25 bits per heavy atom. The van der Waals surface area contributed by atoms with Crippen LogP contribution >= 0.6 is 0 Å². The van der Waals surface area contributed by atoms with Gasteiger partial charge in [-0.25, -0.2) is 9.59 Å². The SMILES string of the molecule is CCCCCC1(CCCCC)O[C@@H]2[C@H](O1)[C@H]1ON(Cc3cccc(C=CC(=O)O[C@H]4C(=O)OCC4(C)C)c3)[C@H]3C(=O)O[C@@H]2C[C@@]13C(=O)N(C)[C@H](Cc1ccccc1)C(=O)N[C@H](CO)CCC(=O)OC(C)(C)C. The Labute approximate surface area is 423 Å². The van der Waals surface area contributed by atoms with E-state index in [1.165, 1.54) is 16.0 Å². The van der Waals surface area contributed by atoms with Crippen molar-refractivity contribution < 1.29 is 67.1 Å². The molecule has 72 heavy (non-hydrogen) atoms. The van der Waals surface area contributed by atoms with Gasteiger partial charge in [-0.05, 0) is 62.8 Å². The maximum atomic E-state index is 16.0. The number of likely N-dealkylation sites (N-methyl/N-ethyl adjacent to an activating group) is 1. The molecule has 2 bridgehead atoms. The summed E-state index contributed by atoms with van der Waals surface area (Å²) in [6, 6.07) is 13.2. The molecule has 9 atom stereocenters. The molecule has 0 unspecified atom stereocenters. The predicted octanol–water partition coefficient (Wildman–Crippen LogP) is 6.30. The molecule has 394 valence electrons. The summed E-state index contributed by atoms with van der Waals surface area (Å²) < 4.78 is 36.5. The van der Waals surface area contributed by atoms with Gasteiger partial charge in [-0.1, -0.05) is 108 Å². The van der Waals surface area contributed by atoms with Crippen LogP contribution in [0.3, 0.4) is 0 Å². The molecule has 1 saturated carbocycles.